The van der Waals surface area contributed by atoms with Crippen LogP contribution in [0.25, 0.3) is 11.0 Å². The van der Waals surface area contributed by atoms with Crippen LogP contribution in [-0.4, -0.2) is 49.2 Å². The van der Waals surface area contributed by atoms with Gasteiger partial charge in [0.15, 0.2) is 5.82 Å². The van der Waals surface area contributed by atoms with E-state index in [0.717, 1.165) is 66.2 Å². The number of aromatic nitrogens is 4. The number of anilines is 2. The Balaban J connectivity index is 1.49. The summed E-state index contributed by atoms with van der Waals surface area (Å²) < 4.78 is 10.4. The fourth-order valence-electron chi connectivity index (χ4n) is 4.31. The molecule has 3 N–H and O–H groups in total. The number of hydrogen-bond acceptors (Lipinski definition) is 6. The summed E-state index contributed by atoms with van der Waals surface area (Å²) in [6.45, 7) is 7.45. The molecule has 0 aliphatic heterocycles. The molecule has 1 saturated carbocycles. The smallest absolute Gasteiger partial charge is 0.152 e. The molecule has 0 saturated heterocycles. The van der Waals surface area contributed by atoms with Crippen LogP contribution in [0.3, 0.4) is 0 Å². The van der Waals surface area contributed by atoms with E-state index in [2.05, 4.69) is 40.6 Å². The Morgan fingerprint density at radius 1 is 1.23 bits per heavy atom. The molecule has 0 unspecified atom stereocenters. The summed E-state index contributed by atoms with van der Waals surface area (Å²) in [6, 6.07) is 6.62. The summed E-state index contributed by atoms with van der Waals surface area (Å²) in [5, 5.41) is 21.0. The second-order valence-electron chi connectivity index (χ2n) is 8.65. The van der Waals surface area contributed by atoms with Gasteiger partial charge in [0, 0.05) is 50.1 Å². The third-order valence-corrected chi connectivity index (χ3v) is 6.03. The number of ether oxygens (including phenoxy) is 1. The highest BCUT2D eigenvalue weighted by Crippen LogP contribution is 2.32. The molecule has 3 aromatic rings. The highest BCUT2D eigenvalue weighted by Gasteiger charge is 2.23. The molecule has 2 aromatic heterocycles. The van der Waals surface area contributed by atoms with Crippen molar-refractivity contribution >= 4 is 22.5 Å². The summed E-state index contributed by atoms with van der Waals surface area (Å²) in [6.07, 6.45) is 5.85. The topological polar surface area (TPSA) is 89.2 Å². The van der Waals surface area contributed by atoms with E-state index in [1.165, 1.54) is 0 Å². The fraction of sp³-hybridized carbons (Fsp3) is 0.565. The molecule has 1 atom stereocenters. The molecule has 0 spiro atoms. The fourth-order valence-corrected chi connectivity index (χ4v) is 4.31. The lowest BCUT2D eigenvalue weighted by atomic mass is 9.93. The van der Waals surface area contributed by atoms with Gasteiger partial charge in [0.1, 0.15) is 11.3 Å². The number of nitrogens with zero attached hydrogens (tertiary/aromatic N) is 4. The number of aliphatic hydroxyl groups excluding tert-OH is 1. The highest BCUT2D eigenvalue weighted by atomic mass is 16.5. The van der Waals surface area contributed by atoms with Crippen molar-refractivity contribution in [2.75, 3.05) is 11.9 Å². The Labute approximate surface area is 183 Å². The maximum Gasteiger partial charge on any atom is 0.152 e. The lowest BCUT2D eigenvalue weighted by Crippen LogP contribution is -2.39. The Kier molecular flexibility index (Phi) is 6.48. The summed E-state index contributed by atoms with van der Waals surface area (Å²) >= 11 is 0. The standard InChI is InChI=1S/C23H34N6O2/c1-5-29-15(2)10-22(27-29)26-20-11-19(12-21-23(20)25-14-28(21)4)31-18-8-6-17(7-9-18)24-13-16(3)30/h10-12,14,16-18,24,30H,5-9,13H2,1-4H3,(H,26,27)/t16-,17?,18?/m0/s1. The van der Waals surface area contributed by atoms with Gasteiger partial charge in [-0.15, -0.1) is 0 Å². The molecular formula is C23H34N6O2. The third-order valence-electron chi connectivity index (χ3n) is 6.03. The van der Waals surface area contributed by atoms with Gasteiger partial charge in [0.2, 0.25) is 0 Å². The number of aryl methyl sites for hydroxylation is 3. The molecule has 2 heterocycles. The van der Waals surface area contributed by atoms with E-state index in [1.807, 2.05) is 41.7 Å². The van der Waals surface area contributed by atoms with Crippen molar-refractivity contribution in [1.29, 1.82) is 0 Å². The summed E-state index contributed by atoms with van der Waals surface area (Å²) in [7, 11) is 2.00. The Morgan fingerprint density at radius 2 is 2.00 bits per heavy atom. The Morgan fingerprint density at radius 3 is 2.68 bits per heavy atom. The van der Waals surface area contributed by atoms with Crippen molar-refractivity contribution in [3.05, 3.63) is 30.2 Å². The van der Waals surface area contributed by atoms with E-state index in [1.54, 1.807) is 0 Å². The van der Waals surface area contributed by atoms with Gasteiger partial charge >= 0.3 is 0 Å². The van der Waals surface area contributed by atoms with Crippen molar-refractivity contribution < 1.29 is 9.84 Å². The molecule has 1 aliphatic carbocycles. The van der Waals surface area contributed by atoms with Crippen molar-refractivity contribution in [3.63, 3.8) is 0 Å². The van der Waals surface area contributed by atoms with Gasteiger partial charge in [0.05, 0.1) is 29.7 Å². The summed E-state index contributed by atoms with van der Waals surface area (Å²) in [5.41, 5.74) is 3.96. The monoisotopic (exact) mass is 426 g/mol. The first-order valence-corrected chi connectivity index (χ1v) is 11.3. The van der Waals surface area contributed by atoms with E-state index in [4.69, 9.17) is 4.74 Å². The van der Waals surface area contributed by atoms with Crippen LogP contribution in [0.5, 0.6) is 5.75 Å². The average Bonchev–Trinajstić information content (AvgIpc) is 3.29. The van der Waals surface area contributed by atoms with Gasteiger partial charge in [-0.3, -0.25) is 4.68 Å². The first kappa shape index (κ1) is 21.6. The Hall–Kier alpha value is -2.58. The van der Waals surface area contributed by atoms with Gasteiger partial charge < -0.3 is 25.0 Å². The zero-order chi connectivity index (χ0) is 22.0. The van der Waals surface area contributed by atoms with Crippen LogP contribution in [-0.2, 0) is 13.6 Å². The molecule has 1 aromatic carbocycles. The molecule has 4 rings (SSSR count). The third kappa shape index (κ3) is 5.02. The molecule has 168 valence electrons. The molecular weight excluding hydrogens is 392 g/mol. The van der Waals surface area contributed by atoms with Gasteiger partial charge in [-0.2, -0.15) is 5.10 Å². The van der Waals surface area contributed by atoms with E-state index >= 15 is 0 Å². The number of benzene rings is 1. The lowest BCUT2D eigenvalue weighted by molar-refractivity contribution is 0.131. The van der Waals surface area contributed by atoms with E-state index in [0.29, 0.717) is 12.6 Å². The van der Waals surface area contributed by atoms with Crippen LogP contribution >= 0.6 is 0 Å². The van der Waals surface area contributed by atoms with Gasteiger partial charge in [-0.05, 0) is 46.5 Å². The molecule has 1 aliphatic rings. The number of imidazole rings is 1. The van der Waals surface area contributed by atoms with Crippen LogP contribution in [0.1, 0.15) is 45.2 Å². The number of rotatable bonds is 8. The predicted octanol–water partition coefficient (Wildman–Crippen LogP) is 3.50. The van der Waals surface area contributed by atoms with Crippen LogP contribution in [0.4, 0.5) is 11.5 Å². The predicted molar refractivity (Wildman–Crippen MR) is 123 cm³/mol. The zero-order valence-corrected chi connectivity index (χ0v) is 18.9. The molecule has 8 heteroatoms. The number of nitrogens with one attached hydrogen (secondary N) is 2. The quantitative estimate of drug-likeness (QED) is 0.511. The highest BCUT2D eigenvalue weighted by molar-refractivity contribution is 5.91. The van der Waals surface area contributed by atoms with E-state index in [-0.39, 0.29) is 12.2 Å². The van der Waals surface area contributed by atoms with Crippen LogP contribution in [0, 0.1) is 6.92 Å². The van der Waals surface area contributed by atoms with Gasteiger partial charge in [-0.1, -0.05) is 0 Å². The Bertz CT molecular complexity index is 1020. The molecule has 1 fully saturated rings. The number of hydrogen-bond donors (Lipinski definition) is 3. The van der Waals surface area contributed by atoms with Gasteiger partial charge in [0.25, 0.3) is 0 Å². The van der Waals surface area contributed by atoms with Crippen molar-refractivity contribution in [1.82, 2.24) is 24.6 Å². The first-order valence-electron chi connectivity index (χ1n) is 11.3. The number of aliphatic hydroxyl groups is 1. The summed E-state index contributed by atoms with van der Waals surface area (Å²) in [5.74, 6) is 1.67. The maximum absolute atomic E-state index is 9.48. The van der Waals surface area contributed by atoms with Crippen LogP contribution in [0.15, 0.2) is 24.5 Å². The second kappa shape index (κ2) is 9.28. The molecule has 31 heavy (non-hydrogen) atoms. The lowest BCUT2D eigenvalue weighted by Gasteiger charge is -2.30. The average molecular weight is 427 g/mol. The minimum Gasteiger partial charge on any atom is -0.490 e. The molecule has 0 amide bonds. The number of fused-ring (bicyclic) bond motifs is 1. The first-order chi connectivity index (χ1) is 14.9. The minimum atomic E-state index is -0.307. The van der Waals surface area contributed by atoms with Crippen LogP contribution in [0.2, 0.25) is 0 Å². The largest absolute Gasteiger partial charge is 0.490 e. The maximum atomic E-state index is 9.48. The van der Waals surface area contributed by atoms with Crippen LogP contribution < -0.4 is 15.4 Å². The molecule has 0 radical (unpaired) electrons. The molecule has 0 bridgehead atoms. The SMILES string of the molecule is CCn1nc(Nc2cc(OC3CCC(NC[C@H](C)O)CC3)cc3c2ncn3C)cc1C. The van der Waals surface area contributed by atoms with Gasteiger partial charge in [-0.25, -0.2) is 4.98 Å². The van der Waals surface area contributed by atoms with Crippen molar-refractivity contribution in [3.8, 4) is 5.75 Å². The summed E-state index contributed by atoms with van der Waals surface area (Å²) in [4.78, 5) is 4.58. The van der Waals surface area contributed by atoms with Crippen molar-refractivity contribution in [2.24, 2.45) is 7.05 Å². The second-order valence-corrected chi connectivity index (χ2v) is 8.65. The molecule has 8 nitrogen and oxygen atoms in total. The van der Waals surface area contributed by atoms with E-state index < -0.39 is 0 Å². The normalized spacial score (nSPS) is 20.2. The van der Waals surface area contributed by atoms with E-state index in [9.17, 15) is 5.11 Å². The minimum absolute atomic E-state index is 0.199. The zero-order valence-electron chi connectivity index (χ0n) is 18.9. The van der Waals surface area contributed by atoms with Crippen molar-refractivity contribution in [2.45, 2.75) is 71.2 Å².